The van der Waals surface area contributed by atoms with Gasteiger partial charge in [-0.1, -0.05) is 15.9 Å². The Hall–Kier alpha value is -2.27. The maximum atomic E-state index is 12.6. The van der Waals surface area contributed by atoms with Gasteiger partial charge in [0.1, 0.15) is 17.2 Å². The largest absolute Gasteiger partial charge is 0.497 e. The first kappa shape index (κ1) is 15.6. The molecule has 2 aromatic carbocycles. The van der Waals surface area contributed by atoms with Crippen molar-refractivity contribution in [2.75, 3.05) is 14.2 Å². The van der Waals surface area contributed by atoms with E-state index in [4.69, 9.17) is 14.2 Å². The summed E-state index contributed by atoms with van der Waals surface area (Å²) in [6, 6.07) is 9.13. The molecule has 0 N–H and O–H groups in total. The molecule has 118 valence electrons. The number of carbonyl (C=O) groups excluding carboxylic acids is 1. The molecule has 2 aromatic rings. The third-order valence-electron chi connectivity index (χ3n) is 3.66. The lowest BCUT2D eigenvalue weighted by Gasteiger charge is -2.06. The summed E-state index contributed by atoms with van der Waals surface area (Å²) in [5.74, 6) is 1.99. The number of ether oxygens (including phenoxy) is 3. The van der Waals surface area contributed by atoms with Crippen LogP contribution in [0.4, 0.5) is 0 Å². The molecule has 1 aliphatic heterocycles. The van der Waals surface area contributed by atoms with Crippen LogP contribution in [0.3, 0.4) is 0 Å². The van der Waals surface area contributed by atoms with Gasteiger partial charge in [0.05, 0.1) is 19.8 Å². The van der Waals surface area contributed by atoms with Gasteiger partial charge in [0, 0.05) is 16.1 Å². The molecule has 4 nitrogen and oxygen atoms in total. The number of methoxy groups -OCH3 is 2. The number of aryl methyl sites for hydroxylation is 1. The number of hydrogen-bond acceptors (Lipinski definition) is 4. The Bertz CT molecular complexity index is 824. The lowest BCUT2D eigenvalue weighted by Crippen LogP contribution is -2.00. The van der Waals surface area contributed by atoms with Gasteiger partial charge >= 0.3 is 0 Å². The molecule has 3 rings (SSSR count). The van der Waals surface area contributed by atoms with Crippen LogP contribution >= 0.6 is 15.9 Å². The van der Waals surface area contributed by atoms with Crippen LogP contribution in [-0.2, 0) is 0 Å². The summed E-state index contributed by atoms with van der Waals surface area (Å²) in [7, 11) is 3.17. The van der Waals surface area contributed by atoms with Crippen molar-refractivity contribution in [1.29, 1.82) is 0 Å². The third-order valence-corrected chi connectivity index (χ3v) is 4.15. The third kappa shape index (κ3) is 2.84. The molecule has 0 radical (unpaired) electrons. The van der Waals surface area contributed by atoms with E-state index in [9.17, 15) is 4.79 Å². The number of carbonyl (C=O) groups is 1. The second kappa shape index (κ2) is 6.08. The van der Waals surface area contributed by atoms with Gasteiger partial charge in [-0.3, -0.25) is 4.79 Å². The van der Waals surface area contributed by atoms with Gasteiger partial charge in [0.2, 0.25) is 5.78 Å². The van der Waals surface area contributed by atoms with Gasteiger partial charge in [-0.2, -0.15) is 0 Å². The number of rotatable bonds is 3. The molecule has 0 amide bonds. The molecule has 0 atom stereocenters. The normalized spacial score (nSPS) is 14.6. The highest BCUT2D eigenvalue weighted by molar-refractivity contribution is 9.10. The first-order valence-corrected chi connectivity index (χ1v) is 7.79. The van der Waals surface area contributed by atoms with E-state index in [0.717, 1.165) is 15.6 Å². The summed E-state index contributed by atoms with van der Waals surface area (Å²) in [6.07, 6.45) is 1.69. The van der Waals surface area contributed by atoms with E-state index in [-0.39, 0.29) is 11.5 Å². The summed E-state index contributed by atoms with van der Waals surface area (Å²) < 4.78 is 17.2. The first-order valence-electron chi connectivity index (χ1n) is 7.00. The van der Waals surface area contributed by atoms with E-state index >= 15 is 0 Å². The summed E-state index contributed by atoms with van der Waals surface area (Å²) in [5, 5.41) is 0. The molecular formula is C18H15BrO4. The van der Waals surface area contributed by atoms with E-state index in [1.807, 2.05) is 31.2 Å². The van der Waals surface area contributed by atoms with Gasteiger partial charge in [-0.05, 0) is 42.8 Å². The lowest BCUT2D eigenvalue weighted by atomic mass is 10.0. The standard InChI is InChI=1S/C18H15BrO4/c1-10-6-13(21-2)9-15-17(10)18(20)16(23-15)8-11-7-12(19)4-5-14(11)22-3/h4-9H,1-3H3/b16-8-. The van der Waals surface area contributed by atoms with E-state index in [1.54, 1.807) is 26.4 Å². The molecule has 1 aliphatic rings. The maximum absolute atomic E-state index is 12.6. The summed E-state index contributed by atoms with van der Waals surface area (Å²) in [5.41, 5.74) is 2.17. The fourth-order valence-corrected chi connectivity index (χ4v) is 2.93. The first-order chi connectivity index (χ1) is 11.0. The van der Waals surface area contributed by atoms with Gasteiger partial charge < -0.3 is 14.2 Å². The fourth-order valence-electron chi connectivity index (χ4n) is 2.55. The fraction of sp³-hybridized carbons (Fsp3) is 0.167. The van der Waals surface area contributed by atoms with Crippen molar-refractivity contribution < 1.29 is 19.0 Å². The van der Waals surface area contributed by atoms with Crippen molar-refractivity contribution in [2.45, 2.75) is 6.92 Å². The topological polar surface area (TPSA) is 44.8 Å². The minimum Gasteiger partial charge on any atom is -0.497 e. The zero-order valence-corrected chi connectivity index (χ0v) is 14.6. The molecule has 5 heteroatoms. The monoisotopic (exact) mass is 374 g/mol. The minimum absolute atomic E-state index is 0.137. The average molecular weight is 375 g/mol. The summed E-state index contributed by atoms with van der Waals surface area (Å²) >= 11 is 3.42. The molecule has 0 spiro atoms. The molecule has 0 bridgehead atoms. The Morgan fingerprint density at radius 2 is 1.91 bits per heavy atom. The maximum Gasteiger partial charge on any atom is 0.232 e. The molecule has 23 heavy (non-hydrogen) atoms. The molecule has 0 aliphatic carbocycles. The highest BCUT2D eigenvalue weighted by Gasteiger charge is 2.30. The van der Waals surface area contributed by atoms with Crippen LogP contribution in [0.15, 0.2) is 40.6 Å². The Labute approximate surface area is 142 Å². The summed E-state index contributed by atoms with van der Waals surface area (Å²) in [6.45, 7) is 1.87. The zero-order valence-electron chi connectivity index (χ0n) is 13.0. The van der Waals surface area contributed by atoms with Crippen molar-refractivity contribution in [3.8, 4) is 17.2 Å². The molecular weight excluding hydrogens is 360 g/mol. The van der Waals surface area contributed by atoms with Crippen LogP contribution in [-0.4, -0.2) is 20.0 Å². The number of hydrogen-bond donors (Lipinski definition) is 0. The molecule has 0 saturated heterocycles. The van der Waals surface area contributed by atoms with Crippen LogP contribution in [0, 0.1) is 6.92 Å². The van der Waals surface area contributed by atoms with Gasteiger partial charge in [-0.25, -0.2) is 0 Å². The van der Waals surface area contributed by atoms with E-state index in [0.29, 0.717) is 22.8 Å². The van der Waals surface area contributed by atoms with Crippen LogP contribution < -0.4 is 14.2 Å². The van der Waals surface area contributed by atoms with E-state index < -0.39 is 0 Å². The number of benzene rings is 2. The average Bonchev–Trinajstić information content (AvgIpc) is 2.84. The van der Waals surface area contributed by atoms with Crippen molar-refractivity contribution in [2.24, 2.45) is 0 Å². The molecule has 1 heterocycles. The lowest BCUT2D eigenvalue weighted by molar-refractivity contribution is 0.101. The Balaban J connectivity index is 2.05. The molecule has 0 saturated carbocycles. The van der Waals surface area contributed by atoms with Gasteiger partial charge in [0.15, 0.2) is 5.76 Å². The molecule has 0 fully saturated rings. The smallest absolute Gasteiger partial charge is 0.232 e. The Morgan fingerprint density at radius 1 is 1.13 bits per heavy atom. The van der Waals surface area contributed by atoms with Crippen LogP contribution in [0.1, 0.15) is 21.5 Å². The number of ketones is 1. The number of halogens is 1. The molecule has 0 aromatic heterocycles. The van der Waals surface area contributed by atoms with Crippen molar-refractivity contribution >= 4 is 27.8 Å². The number of Topliss-reactive ketones (excluding diaryl/α,β-unsaturated/α-hetero) is 1. The van der Waals surface area contributed by atoms with Crippen LogP contribution in [0.5, 0.6) is 17.2 Å². The summed E-state index contributed by atoms with van der Waals surface area (Å²) in [4.78, 5) is 12.6. The minimum atomic E-state index is -0.137. The Kier molecular flexibility index (Phi) is 4.13. The van der Waals surface area contributed by atoms with Crippen molar-refractivity contribution in [1.82, 2.24) is 0 Å². The Morgan fingerprint density at radius 3 is 2.61 bits per heavy atom. The van der Waals surface area contributed by atoms with Crippen molar-refractivity contribution in [3.63, 3.8) is 0 Å². The van der Waals surface area contributed by atoms with Crippen LogP contribution in [0.2, 0.25) is 0 Å². The highest BCUT2D eigenvalue weighted by atomic mass is 79.9. The van der Waals surface area contributed by atoms with Gasteiger partial charge in [-0.15, -0.1) is 0 Å². The second-order valence-corrected chi connectivity index (χ2v) is 6.06. The number of fused-ring (bicyclic) bond motifs is 1. The SMILES string of the molecule is COc1cc(C)c2c(c1)O/C(=C\c1cc(Br)ccc1OC)C2=O. The number of allylic oxidation sites excluding steroid dienone is 1. The van der Waals surface area contributed by atoms with E-state index in [2.05, 4.69) is 15.9 Å². The van der Waals surface area contributed by atoms with Crippen molar-refractivity contribution in [3.05, 3.63) is 57.3 Å². The highest BCUT2D eigenvalue weighted by Crippen LogP contribution is 2.38. The van der Waals surface area contributed by atoms with E-state index in [1.165, 1.54) is 0 Å². The predicted octanol–water partition coefficient (Wildman–Crippen LogP) is 4.39. The zero-order chi connectivity index (χ0) is 16.6. The molecule has 0 unspecified atom stereocenters. The predicted molar refractivity (Wildman–Crippen MR) is 91.4 cm³/mol. The quantitative estimate of drug-likeness (QED) is 0.747. The van der Waals surface area contributed by atoms with Crippen LogP contribution in [0.25, 0.3) is 6.08 Å². The second-order valence-electron chi connectivity index (χ2n) is 5.14. The van der Waals surface area contributed by atoms with Gasteiger partial charge in [0.25, 0.3) is 0 Å².